The number of ether oxygens (including phenoxy) is 1. The van der Waals surface area contributed by atoms with Crippen molar-refractivity contribution >= 4 is 5.97 Å². The van der Waals surface area contributed by atoms with E-state index in [0.717, 1.165) is 44.7 Å². The number of nitrogens with two attached hydrogens (primary N) is 1. The Morgan fingerprint density at radius 1 is 0.812 bits per heavy atom. The second-order valence-electron chi connectivity index (χ2n) is 7.80. The van der Waals surface area contributed by atoms with Gasteiger partial charge in [0.15, 0.2) is 0 Å². The first-order valence-electron chi connectivity index (χ1n) is 10.5. The minimum Gasteiger partial charge on any atom is -0.481 e. The number of hydrogen-bond acceptors (Lipinski definition) is 3. The predicted octanol–water partition coefficient (Wildman–Crippen LogP) is 6.21. The Morgan fingerprint density at radius 2 is 1.56 bits per heavy atom. The molecule has 0 atom stereocenters. The highest BCUT2D eigenvalue weighted by molar-refractivity contribution is 5.77. The lowest BCUT2D eigenvalue weighted by Crippen LogP contribution is -2.01. The summed E-state index contributed by atoms with van der Waals surface area (Å²) >= 11 is 0. The molecule has 0 bridgehead atoms. The van der Waals surface area contributed by atoms with Gasteiger partial charge in [-0.15, -0.1) is 0 Å². The van der Waals surface area contributed by atoms with Crippen molar-refractivity contribution in [1.29, 1.82) is 0 Å². The Hall–Kier alpha value is -3.89. The number of carboxylic acids is 1. The van der Waals surface area contributed by atoms with E-state index in [0.29, 0.717) is 12.3 Å². The standard InChI is InChI=1S/C28H25NO3/c1-19-12-24(21-8-4-6-20(14-21)18-29)16-26(13-19)32-25-10-5-9-22(15-25)27-11-3-2-7-23(27)17-28(30)31/h2-16H,17-18,29H2,1H3,(H,30,31). The number of aliphatic carboxylic acids is 1. The quantitative estimate of drug-likeness (QED) is 0.371. The molecule has 3 N–H and O–H groups in total. The number of carboxylic acid groups (broad SMARTS) is 1. The lowest BCUT2D eigenvalue weighted by Gasteiger charge is -2.13. The van der Waals surface area contributed by atoms with E-state index >= 15 is 0 Å². The molecule has 0 spiro atoms. The smallest absolute Gasteiger partial charge is 0.307 e. The zero-order valence-electron chi connectivity index (χ0n) is 17.9. The third-order valence-electron chi connectivity index (χ3n) is 5.29. The molecule has 4 aromatic rings. The normalized spacial score (nSPS) is 10.7. The summed E-state index contributed by atoms with van der Waals surface area (Å²) in [4.78, 5) is 11.2. The number of hydrogen-bond donors (Lipinski definition) is 2. The van der Waals surface area contributed by atoms with Gasteiger partial charge < -0.3 is 15.6 Å². The minimum atomic E-state index is -0.851. The van der Waals surface area contributed by atoms with E-state index in [1.807, 2.05) is 79.7 Å². The van der Waals surface area contributed by atoms with E-state index in [-0.39, 0.29) is 6.42 Å². The molecule has 4 nitrogen and oxygen atoms in total. The zero-order valence-corrected chi connectivity index (χ0v) is 17.9. The van der Waals surface area contributed by atoms with Crippen LogP contribution in [0.3, 0.4) is 0 Å². The van der Waals surface area contributed by atoms with Gasteiger partial charge in [0, 0.05) is 6.54 Å². The largest absolute Gasteiger partial charge is 0.481 e. The van der Waals surface area contributed by atoms with Gasteiger partial charge in [0.2, 0.25) is 0 Å². The molecule has 0 radical (unpaired) electrons. The second kappa shape index (κ2) is 9.50. The van der Waals surface area contributed by atoms with Crippen LogP contribution in [0.2, 0.25) is 0 Å². The summed E-state index contributed by atoms with van der Waals surface area (Å²) in [5.41, 5.74) is 12.7. The second-order valence-corrected chi connectivity index (χ2v) is 7.80. The van der Waals surface area contributed by atoms with Crippen LogP contribution < -0.4 is 10.5 Å². The first-order chi connectivity index (χ1) is 15.5. The predicted molar refractivity (Wildman–Crippen MR) is 128 cm³/mol. The third-order valence-corrected chi connectivity index (χ3v) is 5.29. The molecule has 0 aliphatic heterocycles. The molecule has 0 fully saturated rings. The van der Waals surface area contributed by atoms with Gasteiger partial charge in [0.05, 0.1) is 6.42 Å². The summed E-state index contributed by atoms with van der Waals surface area (Å²) in [5, 5.41) is 9.23. The number of aryl methyl sites for hydroxylation is 1. The highest BCUT2D eigenvalue weighted by Gasteiger charge is 2.10. The van der Waals surface area contributed by atoms with Gasteiger partial charge in [-0.25, -0.2) is 0 Å². The average Bonchev–Trinajstić information content (AvgIpc) is 2.79. The van der Waals surface area contributed by atoms with Crippen molar-refractivity contribution in [3.8, 4) is 33.8 Å². The van der Waals surface area contributed by atoms with Gasteiger partial charge in [0.1, 0.15) is 11.5 Å². The Bertz CT molecular complexity index is 1260. The molecule has 0 aliphatic rings. The van der Waals surface area contributed by atoms with Gasteiger partial charge >= 0.3 is 5.97 Å². The fourth-order valence-electron chi connectivity index (χ4n) is 3.83. The maximum Gasteiger partial charge on any atom is 0.307 e. The fraction of sp³-hybridized carbons (Fsp3) is 0.107. The van der Waals surface area contributed by atoms with Gasteiger partial charge in [0.25, 0.3) is 0 Å². The molecule has 0 aliphatic carbocycles. The van der Waals surface area contributed by atoms with Crippen molar-refractivity contribution in [3.05, 3.63) is 108 Å². The first-order valence-corrected chi connectivity index (χ1v) is 10.5. The summed E-state index contributed by atoms with van der Waals surface area (Å²) in [6.07, 6.45) is -0.0235. The molecule has 4 rings (SSSR count). The number of rotatable bonds is 7. The Kier molecular flexibility index (Phi) is 6.34. The summed E-state index contributed by atoms with van der Waals surface area (Å²) < 4.78 is 6.22. The van der Waals surface area contributed by atoms with Gasteiger partial charge in [-0.1, -0.05) is 60.7 Å². The maximum atomic E-state index is 11.2. The van der Waals surface area contributed by atoms with E-state index in [4.69, 9.17) is 10.5 Å². The van der Waals surface area contributed by atoms with Crippen LogP contribution >= 0.6 is 0 Å². The van der Waals surface area contributed by atoms with Crippen LogP contribution in [0, 0.1) is 6.92 Å². The lowest BCUT2D eigenvalue weighted by atomic mass is 9.97. The van der Waals surface area contributed by atoms with Crippen LogP contribution in [0.1, 0.15) is 16.7 Å². The molecule has 4 aromatic carbocycles. The van der Waals surface area contributed by atoms with E-state index < -0.39 is 5.97 Å². The Labute approximate surface area is 187 Å². The van der Waals surface area contributed by atoms with Gasteiger partial charge in [-0.05, 0) is 76.2 Å². The van der Waals surface area contributed by atoms with Crippen molar-refractivity contribution in [2.45, 2.75) is 19.9 Å². The van der Waals surface area contributed by atoms with E-state index in [1.165, 1.54) is 0 Å². The van der Waals surface area contributed by atoms with Crippen LogP contribution in [0.5, 0.6) is 11.5 Å². The maximum absolute atomic E-state index is 11.2. The molecule has 0 aromatic heterocycles. The Balaban J connectivity index is 1.65. The van der Waals surface area contributed by atoms with Crippen LogP contribution in [0.4, 0.5) is 0 Å². The van der Waals surface area contributed by atoms with E-state index in [2.05, 4.69) is 18.2 Å². The van der Waals surface area contributed by atoms with E-state index in [9.17, 15) is 9.90 Å². The lowest BCUT2D eigenvalue weighted by molar-refractivity contribution is -0.136. The molecule has 0 saturated heterocycles. The van der Waals surface area contributed by atoms with Crippen molar-refractivity contribution in [3.63, 3.8) is 0 Å². The SMILES string of the molecule is Cc1cc(Oc2cccc(-c3ccccc3CC(=O)O)c2)cc(-c2cccc(CN)c2)c1. The van der Waals surface area contributed by atoms with E-state index in [1.54, 1.807) is 0 Å². The Morgan fingerprint density at radius 3 is 2.38 bits per heavy atom. The summed E-state index contributed by atoms with van der Waals surface area (Å²) in [6.45, 7) is 2.54. The first kappa shape index (κ1) is 21.3. The average molecular weight is 424 g/mol. The van der Waals surface area contributed by atoms with Crippen LogP contribution in [0.25, 0.3) is 22.3 Å². The fourth-order valence-corrected chi connectivity index (χ4v) is 3.83. The highest BCUT2D eigenvalue weighted by Crippen LogP contribution is 2.32. The van der Waals surface area contributed by atoms with Crippen LogP contribution in [0.15, 0.2) is 91.0 Å². The van der Waals surface area contributed by atoms with Crippen molar-refractivity contribution < 1.29 is 14.6 Å². The summed E-state index contributed by atoms with van der Waals surface area (Å²) in [5.74, 6) is 0.588. The topological polar surface area (TPSA) is 72.5 Å². The molecule has 0 heterocycles. The summed E-state index contributed by atoms with van der Waals surface area (Å²) in [6, 6.07) is 29.6. The molecular formula is C28H25NO3. The number of benzene rings is 4. The van der Waals surface area contributed by atoms with Crippen LogP contribution in [-0.2, 0) is 17.8 Å². The number of carbonyl (C=O) groups is 1. The summed E-state index contributed by atoms with van der Waals surface area (Å²) in [7, 11) is 0. The minimum absolute atomic E-state index is 0.0235. The zero-order chi connectivity index (χ0) is 22.5. The molecule has 0 amide bonds. The molecular weight excluding hydrogens is 398 g/mol. The molecule has 32 heavy (non-hydrogen) atoms. The highest BCUT2D eigenvalue weighted by atomic mass is 16.5. The van der Waals surface area contributed by atoms with Gasteiger partial charge in [-0.3, -0.25) is 4.79 Å². The van der Waals surface area contributed by atoms with Crippen molar-refractivity contribution in [2.24, 2.45) is 5.73 Å². The monoisotopic (exact) mass is 423 g/mol. The molecule has 160 valence electrons. The molecule has 0 saturated carbocycles. The molecule has 0 unspecified atom stereocenters. The van der Waals surface area contributed by atoms with Gasteiger partial charge in [-0.2, -0.15) is 0 Å². The van der Waals surface area contributed by atoms with Crippen LogP contribution in [-0.4, -0.2) is 11.1 Å². The van der Waals surface area contributed by atoms with Crippen molar-refractivity contribution in [2.75, 3.05) is 0 Å². The third kappa shape index (κ3) is 5.05. The molecule has 4 heteroatoms. The van der Waals surface area contributed by atoms with Crippen molar-refractivity contribution in [1.82, 2.24) is 0 Å².